The van der Waals surface area contributed by atoms with Crippen molar-refractivity contribution in [1.82, 2.24) is 5.32 Å². The van der Waals surface area contributed by atoms with E-state index in [-0.39, 0.29) is 17.0 Å². The lowest BCUT2D eigenvalue weighted by atomic mass is 9.99. The Morgan fingerprint density at radius 1 is 1.47 bits per heavy atom. The molecule has 17 heavy (non-hydrogen) atoms. The summed E-state index contributed by atoms with van der Waals surface area (Å²) in [5.74, 6) is -0.0241. The Bertz CT molecular complexity index is 427. The highest BCUT2D eigenvalue weighted by molar-refractivity contribution is 6.21. The molecule has 1 amide bonds. The summed E-state index contributed by atoms with van der Waals surface area (Å²) in [4.78, 5) is 12.0. The van der Waals surface area contributed by atoms with Crippen molar-refractivity contribution < 1.29 is 9.90 Å². The van der Waals surface area contributed by atoms with Crippen molar-refractivity contribution in [2.45, 2.75) is 38.6 Å². The molecular formula is C13H18ClNO2. The van der Waals surface area contributed by atoms with Gasteiger partial charge < -0.3 is 10.4 Å². The van der Waals surface area contributed by atoms with E-state index >= 15 is 0 Å². The molecule has 0 fully saturated rings. The van der Waals surface area contributed by atoms with Crippen LogP contribution in [0.3, 0.4) is 0 Å². The lowest BCUT2D eigenvalue weighted by Crippen LogP contribution is -2.49. The maximum Gasteiger partial charge on any atom is 0.252 e. The molecule has 0 saturated heterocycles. The van der Waals surface area contributed by atoms with E-state index < -0.39 is 5.54 Å². The first-order chi connectivity index (χ1) is 7.74. The van der Waals surface area contributed by atoms with Crippen LogP contribution in [0, 0.1) is 6.92 Å². The molecule has 1 rings (SSSR count). The van der Waals surface area contributed by atoms with Crippen LogP contribution in [0.2, 0.25) is 0 Å². The molecular weight excluding hydrogens is 238 g/mol. The number of nitrogens with one attached hydrogen (secondary N) is 1. The summed E-state index contributed by atoms with van der Waals surface area (Å²) in [6, 6.07) is 4.67. The molecule has 0 radical (unpaired) electrons. The van der Waals surface area contributed by atoms with Crippen molar-refractivity contribution in [3.05, 3.63) is 29.3 Å². The van der Waals surface area contributed by atoms with Gasteiger partial charge in [0.1, 0.15) is 5.75 Å². The first kappa shape index (κ1) is 13.8. The number of alkyl halides is 1. The van der Waals surface area contributed by atoms with Crippen molar-refractivity contribution >= 4 is 17.5 Å². The van der Waals surface area contributed by atoms with Crippen LogP contribution in [0.4, 0.5) is 0 Å². The molecule has 1 aromatic carbocycles. The zero-order valence-corrected chi connectivity index (χ0v) is 11.3. The van der Waals surface area contributed by atoms with Gasteiger partial charge in [0.25, 0.3) is 5.91 Å². The van der Waals surface area contributed by atoms with Crippen LogP contribution in [0.15, 0.2) is 18.2 Å². The highest BCUT2D eigenvalue weighted by atomic mass is 35.5. The minimum Gasteiger partial charge on any atom is -0.508 e. The second-order valence-corrected chi connectivity index (χ2v) is 5.45. The number of phenols is 1. The monoisotopic (exact) mass is 255 g/mol. The second kappa shape index (κ2) is 4.96. The van der Waals surface area contributed by atoms with Gasteiger partial charge in [0.2, 0.25) is 0 Å². The lowest BCUT2D eigenvalue weighted by molar-refractivity contribution is 0.0912. The summed E-state index contributed by atoms with van der Waals surface area (Å²) in [5, 5.41) is 12.0. The minimum atomic E-state index is -0.483. The molecule has 0 bridgehead atoms. The number of phenolic OH excluding ortho intramolecular Hbond substituents is 1. The number of rotatable bonds is 3. The summed E-state index contributed by atoms with van der Waals surface area (Å²) in [6.45, 7) is 7.37. The van der Waals surface area contributed by atoms with E-state index in [1.807, 2.05) is 20.8 Å². The van der Waals surface area contributed by atoms with Crippen molar-refractivity contribution in [3.8, 4) is 5.75 Å². The van der Waals surface area contributed by atoms with E-state index in [0.717, 1.165) is 5.56 Å². The third kappa shape index (κ3) is 3.37. The number of aryl methyl sites for hydroxylation is 1. The number of aromatic hydroxyl groups is 1. The quantitative estimate of drug-likeness (QED) is 0.816. The maximum atomic E-state index is 12.0. The van der Waals surface area contributed by atoms with E-state index in [0.29, 0.717) is 5.56 Å². The highest BCUT2D eigenvalue weighted by Gasteiger charge is 2.26. The number of halogens is 1. The maximum absolute atomic E-state index is 12.0. The van der Waals surface area contributed by atoms with Crippen LogP contribution in [-0.4, -0.2) is 21.9 Å². The van der Waals surface area contributed by atoms with Crippen LogP contribution in [0.1, 0.15) is 36.7 Å². The van der Waals surface area contributed by atoms with Crippen molar-refractivity contribution in [3.63, 3.8) is 0 Å². The normalized spacial score (nSPS) is 13.2. The molecule has 0 aromatic heterocycles. The smallest absolute Gasteiger partial charge is 0.252 e. The Kier molecular flexibility index (Phi) is 4.04. The number of carbonyl (C=O) groups excluding carboxylic acids is 1. The Morgan fingerprint density at radius 3 is 2.53 bits per heavy atom. The van der Waals surface area contributed by atoms with Crippen molar-refractivity contribution in [2.24, 2.45) is 0 Å². The van der Waals surface area contributed by atoms with Crippen LogP contribution in [0.25, 0.3) is 0 Å². The van der Waals surface area contributed by atoms with Gasteiger partial charge in [0.15, 0.2) is 0 Å². The minimum absolute atomic E-state index is 0.157. The lowest BCUT2D eigenvalue weighted by Gasteiger charge is -2.29. The first-order valence-corrected chi connectivity index (χ1v) is 5.94. The molecule has 0 saturated carbocycles. The average Bonchev–Trinajstić information content (AvgIpc) is 2.15. The second-order valence-electron chi connectivity index (χ2n) is 4.79. The van der Waals surface area contributed by atoms with Gasteiger partial charge in [-0.15, -0.1) is 11.6 Å². The standard InChI is InChI=1S/C13H18ClNO2/c1-8-7-10(16)5-6-11(8)12(17)15-13(3,4)9(2)14/h5-7,9,16H,1-4H3,(H,15,17). The Morgan fingerprint density at radius 2 is 2.06 bits per heavy atom. The van der Waals surface area contributed by atoms with Gasteiger partial charge >= 0.3 is 0 Å². The largest absolute Gasteiger partial charge is 0.508 e. The van der Waals surface area contributed by atoms with Crippen LogP contribution in [-0.2, 0) is 0 Å². The fourth-order valence-corrected chi connectivity index (χ4v) is 1.42. The molecule has 1 aromatic rings. The number of amides is 1. The van der Waals surface area contributed by atoms with Gasteiger partial charge in [-0.2, -0.15) is 0 Å². The molecule has 0 spiro atoms. The molecule has 0 aliphatic rings. The predicted octanol–water partition coefficient (Wildman–Crippen LogP) is 2.84. The zero-order chi connectivity index (χ0) is 13.2. The molecule has 94 valence electrons. The Balaban J connectivity index is 2.91. The van der Waals surface area contributed by atoms with Gasteiger partial charge in [-0.1, -0.05) is 0 Å². The molecule has 1 atom stereocenters. The van der Waals surface area contributed by atoms with Crippen LogP contribution >= 0.6 is 11.6 Å². The van der Waals surface area contributed by atoms with E-state index in [1.165, 1.54) is 6.07 Å². The summed E-state index contributed by atoms with van der Waals surface area (Å²) >= 11 is 6.01. The highest BCUT2D eigenvalue weighted by Crippen LogP contribution is 2.19. The Hall–Kier alpha value is -1.22. The van der Waals surface area contributed by atoms with Gasteiger partial charge in [-0.3, -0.25) is 4.79 Å². The average molecular weight is 256 g/mol. The fraction of sp³-hybridized carbons (Fsp3) is 0.462. The van der Waals surface area contributed by atoms with E-state index in [9.17, 15) is 9.90 Å². The van der Waals surface area contributed by atoms with E-state index in [1.54, 1.807) is 19.1 Å². The third-order valence-corrected chi connectivity index (χ3v) is 3.43. The van der Waals surface area contributed by atoms with E-state index in [2.05, 4.69) is 5.32 Å². The number of hydrogen-bond acceptors (Lipinski definition) is 2. The summed E-state index contributed by atoms with van der Waals surface area (Å²) < 4.78 is 0. The van der Waals surface area contributed by atoms with Gasteiger partial charge in [0.05, 0.1) is 10.9 Å². The van der Waals surface area contributed by atoms with Crippen LogP contribution in [0.5, 0.6) is 5.75 Å². The first-order valence-electron chi connectivity index (χ1n) is 5.50. The van der Waals surface area contributed by atoms with Gasteiger partial charge in [0, 0.05) is 5.56 Å². The fourth-order valence-electron chi connectivity index (χ4n) is 1.36. The summed E-state index contributed by atoms with van der Waals surface area (Å²) in [5.41, 5.74) is 0.803. The molecule has 3 nitrogen and oxygen atoms in total. The molecule has 2 N–H and O–H groups in total. The van der Waals surface area contributed by atoms with Crippen molar-refractivity contribution in [2.75, 3.05) is 0 Å². The van der Waals surface area contributed by atoms with E-state index in [4.69, 9.17) is 11.6 Å². The zero-order valence-electron chi connectivity index (χ0n) is 10.5. The Labute approximate surface area is 107 Å². The molecule has 1 unspecified atom stereocenters. The molecule has 0 aliphatic carbocycles. The third-order valence-electron chi connectivity index (χ3n) is 2.88. The van der Waals surface area contributed by atoms with Gasteiger partial charge in [-0.25, -0.2) is 0 Å². The van der Waals surface area contributed by atoms with Crippen LogP contribution < -0.4 is 5.32 Å². The molecule has 0 aliphatic heterocycles. The molecule has 4 heteroatoms. The summed E-state index contributed by atoms with van der Waals surface area (Å²) in [6.07, 6.45) is 0. The molecule has 0 heterocycles. The number of hydrogen-bond donors (Lipinski definition) is 2. The van der Waals surface area contributed by atoms with Gasteiger partial charge in [-0.05, 0) is 51.5 Å². The van der Waals surface area contributed by atoms with Crippen molar-refractivity contribution in [1.29, 1.82) is 0 Å². The topological polar surface area (TPSA) is 49.3 Å². The number of carbonyl (C=O) groups is 1. The number of benzene rings is 1. The SMILES string of the molecule is Cc1cc(O)ccc1C(=O)NC(C)(C)C(C)Cl. The summed E-state index contributed by atoms with van der Waals surface area (Å²) in [7, 11) is 0. The predicted molar refractivity (Wildman–Crippen MR) is 69.7 cm³/mol.